The van der Waals surface area contributed by atoms with E-state index in [9.17, 15) is 0 Å². The molecule has 0 spiro atoms. The van der Waals surface area contributed by atoms with E-state index in [0.29, 0.717) is 11.8 Å². The van der Waals surface area contributed by atoms with Crippen LogP contribution in [0.1, 0.15) is 48.4 Å². The van der Waals surface area contributed by atoms with Gasteiger partial charge in [0.25, 0.3) is 0 Å². The molecule has 3 rings (SSSR count). The van der Waals surface area contributed by atoms with Gasteiger partial charge in [-0.2, -0.15) is 0 Å². The fraction of sp³-hybridized carbons (Fsp3) is 0.727. The maximum Gasteiger partial charge on any atom is 0.197 e. The average Bonchev–Trinajstić information content (AvgIpc) is 2.25. The zero-order valence-electron chi connectivity index (χ0n) is 8.55. The van der Waals surface area contributed by atoms with Crippen LogP contribution in [0.4, 0.5) is 0 Å². The Morgan fingerprint density at radius 1 is 1.29 bits per heavy atom. The molecule has 76 valence electrons. The van der Waals surface area contributed by atoms with Gasteiger partial charge in [0.05, 0.1) is 5.69 Å². The Bertz CT molecular complexity index is 337. The van der Waals surface area contributed by atoms with Crippen molar-refractivity contribution in [1.29, 1.82) is 0 Å². The zero-order chi connectivity index (χ0) is 9.54. The van der Waals surface area contributed by atoms with E-state index >= 15 is 0 Å². The SMILES string of the molecule is Cc1oc(C2CCC2)nc1C1CNC1. The monoisotopic (exact) mass is 192 g/mol. The number of aromatic nitrogens is 1. The smallest absolute Gasteiger partial charge is 0.197 e. The molecule has 1 aromatic rings. The van der Waals surface area contributed by atoms with Crippen molar-refractivity contribution in [2.45, 2.75) is 38.0 Å². The summed E-state index contributed by atoms with van der Waals surface area (Å²) in [6, 6.07) is 0. The van der Waals surface area contributed by atoms with Crippen LogP contribution in [0.3, 0.4) is 0 Å². The summed E-state index contributed by atoms with van der Waals surface area (Å²) >= 11 is 0. The van der Waals surface area contributed by atoms with Crippen LogP contribution in [-0.2, 0) is 0 Å². The van der Waals surface area contributed by atoms with Gasteiger partial charge >= 0.3 is 0 Å². The minimum atomic E-state index is 0.604. The van der Waals surface area contributed by atoms with E-state index in [2.05, 4.69) is 10.3 Å². The van der Waals surface area contributed by atoms with Crippen LogP contribution in [0.2, 0.25) is 0 Å². The van der Waals surface area contributed by atoms with Crippen molar-refractivity contribution < 1.29 is 4.42 Å². The molecule has 1 N–H and O–H groups in total. The number of nitrogens with one attached hydrogen (secondary N) is 1. The summed E-state index contributed by atoms with van der Waals surface area (Å²) in [6.45, 7) is 4.18. The fourth-order valence-corrected chi connectivity index (χ4v) is 2.12. The number of hydrogen-bond donors (Lipinski definition) is 1. The van der Waals surface area contributed by atoms with Crippen molar-refractivity contribution in [2.75, 3.05) is 13.1 Å². The van der Waals surface area contributed by atoms with Gasteiger partial charge in [0.2, 0.25) is 0 Å². The first-order chi connectivity index (χ1) is 6.84. The maximum absolute atomic E-state index is 5.74. The third-order valence-electron chi connectivity index (χ3n) is 3.47. The Morgan fingerprint density at radius 3 is 2.57 bits per heavy atom. The Balaban J connectivity index is 1.84. The number of aryl methyl sites for hydroxylation is 1. The summed E-state index contributed by atoms with van der Waals surface area (Å²) < 4.78 is 5.74. The van der Waals surface area contributed by atoms with Gasteiger partial charge in [0.15, 0.2) is 5.89 Å². The van der Waals surface area contributed by atoms with E-state index in [1.54, 1.807) is 0 Å². The molecule has 2 aliphatic rings. The molecule has 14 heavy (non-hydrogen) atoms. The molecule has 2 fully saturated rings. The lowest BCUT2D eigenvalue weighted by Crippen LogP contribution is -2.40. The molecule has 1 aromatic heterocycles. The lowest BCUT2D eigenvalue weighted by Gasteiger charge is -2.25. The van der Waals surface area contributed by atoms with Crippen molar-refractivity contribution in [2.24, 2.45) is 0 Å². The summed E-state index contributed by atoms with van der Waals surface area (Å²) in [7, 11) is 0. The predicted molar refractivity (Wildman–Crippen MR) is 53.4 cm³/mol. The first-order valence-corrected chi connectivity index (χ1v) is 5.52. The average molecular weight is 192 g/mol. The summed E-state index contributed by atoms with van der Waals surface area (Å²) in [5, 5.41) is 3.27. The molecule has 1 aliphatic heterocycles. The van der Waals surface area contributed by atoms with Crippen LogP contribution in [0.15, 0.2) is 4.42 Å². The molecule has 3 nitrogen and oxygen atoms in total. The number of nitrogens with zero attached hydrogens (tertiary/aromatic N) is 1. The highest BCUT2D eigenvalue weighted by molar-refractivity contribution is 5.19. The first-order valence-electron chi connectivity index (χ1n) is 5.52. The van der Waals surface area contributed by atoms with Crippen LogP contribution in [0, 0.1) is 6.92 Å². The molecule has 0 unspecified atom stereocenters. The second-order valence-corrected chi connectivity index (χ2v) is 4.48. The summed E-state index contributed by atoms with van der Waals surface area (Å²) in [6.07, 6.45) is 3.87. The van der Waals surface area contributed by atoms with E-state index in [1.165, 1.54) is 25.0 Å². The standard InChI is InChI=1S/C11H16N2O/c1-7-10(9-5-12-6-9)13-11(14-7)8-3-2-4-8/h8-9,12H,2-6H2,1H3. The molecular formula is C11H16N2O. The number of hydrogen-bond acceptors (Lipinski definition) is 3. The van der Waals surface area contributed by atoms with E-state index in [-0.39, 0.29) is 0 Å². The quantitative estimate of drug-likeness (QED) is 0.778. The molecule has 0 amide bonds. The molecule has 3 heteroatoms. The third-order valence-corrected chi connectivity index (χ3v) is 3.47. The minimum Gasteiger partial charge on any atom is -0.445 e. The second-order valence-electron chi connectivity index (χ2n) is 4.48. The normalized spacial score (nSPS) is 23.2. The van der Waals surface area contributed by atoms with Crippen LogP contribution in [0.25, 0.3) is 0 Å². The van der Waals surface area contributed by atoms with Crippen molar-refractivity contribution in [3.63, 3.8) is 0 Å². The van der Waals surface area contributed by atoms with Crippen LogP contribution < -0.4 is 5.32 Å². The van der Waals surface area contributed by atoms with Gasteiger partial charge in [-0.3, -0.25) is 0 Å². The Hall–Kier alpha value is -0.830. The van der Waals surface area contributed by atoms with Crippen molar-refractivity contribution >= 4 is 0 Å². The number of oxazole rings is 1. The molecule has 2 heterocycles. The predicted octanol–water partition coefficient (Wildman–Crippen LogP) is 1.94. The van der Waals surface area contributed by atoms with Crippen molar-refractivity contribution in [1.82, 2.24) is 10.3 Å². The summed E-state index contributed by atoms with van der Waals surface area (Å²) in [4.78, 5) is 4.65. The van der Waals surface area contributed by atoms with E-state index in [1.807, 2.05) is 6.92 Å². The Labute approximate surface area is 83.9 Å². The maximum atomic E-state index is 5.74. The van der Waals surface area contributed by atoms with Gasteiger partial charge in [0.1, 0.15) is 5.76 Å². The number of rotatable bonds is 2. The molecule has 1 saturated carbocycles. The van der Waals surface area contributed by atoms with E-state index < -0.39 is 0 Å². The molecule has 0 radical (unpaired) electrons. The summed E-state index contributed by atoms with van der Waals surface area (Å²) in [5.74, 6) is 3.26. The van der Waals surface area contributed by atoms with Crippen LogP contribution in [0.5, 0.6) is 0 Å². The zero-order valence-corrected chi connectivity index (χ0v) is 8.55. The fourth-order valence-electron chi connectivity index (χ4n) is 2.12. The first kappa shape index (κ1) is 8.48. The van der Waals surface area contributed by atoms with Gasteiger partial charge < -0.3 is 9.73 Å². The highest BCUT2D eigenvalue weighted by Gasteiger charge is 2.29. The lowest BCUT2D eigenvalue weighted by atomic mass is 9.85. The highest BCUT2D eigenvalue weighted by Crippen LogP contribution is 2.37. The highest BCUT2D eigenvalue weighted by atomic mass is 16.4. The van der Waals surface area contributed by atoms with Crippen molar-refractivity contribution in [3.8, 4) is 0 Å². The topological polar surface area (TPSA) is 38.1 Å². The van der Waals surface area contributed by atoms with Gasteiger partial charge in [-0.05, 0) is 19.8 Å². The van der Waals surface area contributed by atoms with E-state index in [0.717, 1.165) is 24.7 Å². The van der Waals surface area contributed by atoms with Gasteiger partial charge in [-0.25, -0.2) is 4.98 Å². The Kier molecular flexibility index (Phi) is 1.87. The molecule has 0 bridgehead atoms. The summed E-state index contributed by atoms with van der Waals surface area (Å²) in [5.41, 5.74) is 1.20. The van der Waals surface area contributed by atoms with Gasteiger partial charge in [-0.1, -0.05) is 6.42 Å². The van der Waals surface area contributed by atoms with Gasteiger partial charge in [-0.15, -0.1) is 0 Å². The van der Waals surface area contributed by atoms with Gasteiger partial charge in [0, 0.05) is 24.9 Å². The minimum absolute atomic E-state index is 0.604. The molecular weight excluding hydrogens is 176 g/mol. The largest absolute Gasteiger partial charge is 0.445 e. The molecule has 0 atom stereocenters. The van der Waals surface area contributed by atoms with E-state index in [4.69, 9.17) is 4.42 Å². The van der Waals surface area contributed by atoms with Crippen LogP contribution in [-0.4, -0.2) is 18.1 Å². The van der Waals surface area contributed by atoms with Crippen LogP contribution >= 0.6 is 0 Å². The third kappa shape index (κ3) is 1.19. The second kappa shape index (κ2) is 3.09. The lowest BCUT2D eigenvalue weighted by molar-refractivity contribution is 0.329. The van der Waals surface area contributed by atoms with Crippen molar-refractivity contribution in [3.05, 3.63) is 17.3 Å². The molecule has 1 aliphatic carbocycles. The Morgan fingerprint density at radius 2 is 2.07 bits per heavy atom. The molecule has 1 saturated heterocycles. The molecule has 0 aromatic carbocycles.